The summed E-state index contributed by atoms with van der Waals surface area (Å²) < 4.78 is 25.2. The van der Waals surface area contributed by atoms with Gasteiger partial charge in [-0.3, -0.25) is 0 Å². The maximum absolute atomic E-state index is 13.8. The highest BCUT2D eigenvalue weighted by molar-refractivity contribution is 5.78. The summed E-state index contributed by atoms with van der Waals surface area (Å²) >= 11 is 0. The molecule has 3 rings (SSSR count). The number of hydrogen-bond donors (Lipinski definition) is 1. The summed E-state index contributed by atoms with van der Waals surface area (Å²) in [6.07, 6.45) is 0. The second kappa shape index (κ2) is 5.37. The molecule has 0 radical (unpaired) electrons. The Hall–Kier alpha value is -2.07. The first-order valence-corrected chi connectivity index (χ1v) is 7.08. The summed E-state index contributed by atoms with van der Waals surface area (Å²) in [5.74, 6) is 2.06. The largest absolute Gasteiger partial charge is 0.466 e. The molecular formula is C17H18FNO2. The molecule has 0 aliphatic carbocycles. The van der Waals surface area contributed by atoms with Crippen LogP contribution in [-0.2, 0) is 0 Å². The molecule has 0 saturated heterocycles. The van der Waals surface area contributed by atoms with Crippen LogP contribution >= 0.6 is 0 Å². The van der Waals surface area contributed by atoms with Gasteiger partial charge in [-0.15, -0.1) is 0 Å². The summed E-state index contributed by atoms with van der Waals surface area (Å²) in [5.41, 5.74) is 1.32. The predicted octanol–water partition coefficient (Wildman–Crippen LogP) is 4.48. The lowest BCUT2D eigenvalue weighted by atomic mass is 10.0. The second-order valence-electron chi connectivity index (χ2n) is 5.17. The molecule has 3 aromatic rings. The number of rotatable bonds is 4. The first kappa shape index (κ1) is 13.9. The Morgan fingerprint density at radius 2 is 2.00 bits per heavy atom. The Labute approximate surface area is 122 Å². The fourth-order valence-electron chi connectivity index (χ4n) is 2.69. The summed E-state index contributed by atoms with van der Waals surface area (Å²) in [6, 6.07) is 8.68. The minimum atomic E-state index is -0.339. The Kier molecular flexibility index (Phi) is 3.55. The first-order valence-electron chi connectivity index (χ1n) is 7.08. The van der Waals surface area contributed by atoms with Crippen molar-refractivity contribution < 1.29 is 13.2 Å². The molecule has 1 N–H and O–H groups in total. The van der Waals surface area contributed by atoms with E-state index in [1.165, 1.54) is 6.07 Å². The van der Waals surface area contributed by atoms with E-state index in [0.29, 0.717) is 11.3 Å². The third-order valence-corrected chi connectivity index (χ3v) is 3.60. The third-order valence-electron chi connectivity index (χ3n) is 3.60. The zero-order valence-corrected chi connectivity index (χ0v) is 12.4. The maximum Gasteiger partial charge on any atom is 0.169 e. The van der Waals surface area contributed by atoms with Crippen LogP contribution in [0, 0.1) is 19.7 Å². The zero-order chi connectivity index (χ0) is 15.0. The number of benzene rings is 1. The lowest BCUT2D eigenvalue weighted by Gasteiger charge is -2.14. The minimum Gasteiger partial charge on any atom is -0.466 e. The fraction of sp³-hybridized carbons (Fsp3) is 0.294. The van der Waals surface area contributed by atoms with Crippen molar-refractivity contribution in [3.63, 3.8) is 0 Å². The Balaban J connectivity index is 2.11. The van der Waals surface area contributed by atoms with Gasteiger partial charge in [0.2, 0.25) is 0 Å². The van der Waals surface area contributed by atoms with Gasteiger partial charge in [-0.25, -0.2) is 4.39 Å². The molecule has 0 amide bonds. The van der Waals surface area contributed by atoms with Crippen LogP contribution in [0.3, 0.4) is 0 Å². The van der Waals surface area contributed by atoms with Crippen molar-refractivity contribution in [2.45, 2.75) is 26.8 Å². The Bertz CT molecular complexity index is 772. The van der Waals surface area contributed by atoms with Crippen LogP contribution in [0.1, 0.15) is 35.8 Å². The summed E-state index contributed by atoms with van der Waals surface area (Å²) in [6.45, 7) is 6.64. The smallest absolute Gasteiger partial charge is 0.169 e. The molecule has 0 aliphatic rings. The molecule has 0 saturated carbocycles. The predicted molar refractivity (Wildman–Crippen MR) is 79.9 cm³/mol. The first-order chi connectivity index (χ1) is 10.1. The molecule has 21 heavy (non-hydrogen) atoms. The topological polar surface area (TPSA) is 38.3 Å². The van der Waals surface area contributed by atoms with Gasteiger partial charge >= 0.3 is 0 Å². The molecule has 2 aromatic heterocycles. The highest BCUT2D eigenvalue weighted by Crippen LogP contribution is 2.32. The van der Waals surface area contributed by atoms with Crippen molar-refractivity contribution in [3.05, 3.63) is 59.0 Å². The summed E-state index contributed by atoms with van der Waals surface area (Å²) in [5, 5.41) is 4.14. The lowest BCUT2D eigenvalue weighted by molar-refractivity contribution is 0.453. The molecule has 110 valence electrons. The highest BCUT2D eigenvalue weighted by Gasteiger charge is 2.22. The van der Waals surface area contributed by atoms with Gasteiger partial charge in [0.25, 0.3) is 0 Å². The summed E-state index contributed by atoms with van der Waals surface area (Å²) in [7, 11) is 0. The number of furan rings is 2. The van der Waals surface area contributed by atoms with Gasteiger partial charge in [0.15, 0.2) is 11.4 Å². The van der Waals surface area contributed by atoms with E-state index in [1.807, 2.05) is 39.0 Å². The molecule has 0 spiro atoms. The van der Waals surface area contributed by atoms with Crippen LogP contribution in [0.5, 0.6) is 0 Å². The van der Waals surface area contributed by atoms with Gasteiger partial charge in [-0.2, -0.15) is 0 Å². The van der Waals surface area contributed by atoms with Gasteiger partial charge in [-0.05, 0) is 38.6 Å². The fourth-order valence-corrected chi connectivity index (χ4v) is 2.69. The van der Waals surface area contributed by atoms with Crippen molar-refractivity contribution in [3.8, 4) is 0 Å². The Morgan fingerprint density at radius 3 is 2.62 bits per heavy atom. The van der Waals surface area contributed by atoms with Crippen LogP contribution < -0.4 is 5.32 Å². The molecule has 1 unspecified atom stereocenters. The van der Waals surface area contributed by atoms with Gasteiger partial charge in [-0.1, -0.05) is 19.1 Å². The average molecular weight is 287 g/mol. The molecule has 0 aliphatic heterocycles. The van der Waals surface area contributed by atoms with E-state index in [2.05, 4.69) is 5.32 Å². The number of halogens is 1. The monoisotopic (exact) mass is 287 g/mol. The highest BCUT2D eigenvalue weighted by atomic mass is 19.1. The van der Waals surface area contributed by atoms with Crippen molar-refractivity contribution in [2.24, 2.45) is 0 Å². The number of hydrogen-bond acceptors (Lipinski definition) is 3. The molecule has 4 heteroatoms. The van der Waals surface area contributed by atoms with Crippen LogP contribution in [0.2, 0.25) is 0 Å². The minimum absolute atomic E-state index is 0.140. The van der Waals surface area contributed by atoms with Gasteiger partial charge in [0, 0.05) is 10.9 Å². The van der Waals surface area contributed by atoms with E-state index >= 15 is 0 Å². The van der Waals surface area contributed by atoms with E-state index in [4.69, 9.17) is 8.83 Å². The van der Waals surface area contributed by atoms with Crippen LogP contribution in [0.25, 0.3) is 11.0 Å². The number of fused-ring (bicyclic) bond motifs is 1. The van der Waals surface area contributed by atoms with Crippen molar-refractivity contribution >= 4 is 11.0 Å². The van der Waals surface area contributed by atoms with Gasteiger partial charge in [0.05, 0.1) is 6.04 Å². The second-order valence-corrected chi connectivity index (χ2v) is 5.17. The molecule has 3 nitrogen and oxygen atoms in total. The van der Waals surface area contributed by atoms with Gasteiger partial charge < -0.3 is 14.2 Å². The maximum atomic E-state index is 13.8. The lowest BCUT2D eigenvalue weighted by Crippen LogP contribution is -2.21. The van der Waals surface area contributed by atoms with Crippen molar-refractivity contribution in [1.29, 1.82) is 0 Å². The van der Waals surface area contributed by atoms with Crippen LogP contribution in [-0.4, -0.2) is 6.54 Å². The van der Waals surface area contributed by atoms with Crippen molar-refractivity contribution in [1.82, 2.24) is 5.32 Å². The normalized spacial score (nSPS) is 13.0. The number of nitrogens with one attached hydrogen (secondary N) is 1. The summed E-state index contributed by atoms with van der Waals surface area (Å²) in [4.78, 5) is 0. The van der Waals surface area contributed by atoms with E-state index in [1.54, 1.807) is 6.07 Å². The van der Waals surface area contributed by atoms with E-state index in [9.17, 15) is 4.39 Å². The Morgan fingerprint density at radius 1 is 1.19 bits per heavy atom. The van der Waals surface area contributed by atoms with Crippen LogP contribution in [0.15, 0.2) is 39.2 Å². The van der Waals surface area contributed by atoms with Gasteiger partial charge in [0.1, 0.15) is 17.3 Å². The molecule has 0 bridgehead atoms. The molecule has 1 aromatic carbocycles. The van der Waals surface area contributed by atoms with Crippen LogP contribution in [0.4, 0.5) is 4.39 Å². The SMILES string of the molecule is CCNC(c1cc2cccc(F)c2o1)c1cc(C)oc1C. The number of aryl methyl sites for hydroxylation is 2. The quantitative estimate of drug-likeness (QED) is 0.768. The average Bonchev–Trinajstić information content (AvgIpc) is 3.00. The molecule has 0 fully saturated rings. The number of para-hydroxylation sites is 1. The van der Waals surface area contributed by atoms with Crippen molar-refractivity contribution in [2.75, 3.05) is 6.54 Å². The zero-order valence-electron chi connectivity index (χ0n) is 12.4. The molecule has 1 atom stereocenters. The van der Waals surface area contributed by atoms with E-state index < -0.39 is 0 Å². The molecule has 2 heterocycles. The van der Waals surface area contributed by atoms with E-state index in [0.717, 1.165) is 29.0 Å². The third kappa shape index (κ3) is 2.47. The standard InChI is InChI=1S/C17H18FNO2/c1-4-19-16(13-8-10(2)20-11(13)3)15-9-12-6-5-7-14(18)17(12)21-15/h5-9,16,19H,4H2,1-3H3. The van der Waals surface area contributed by atoms with E-state index in [-0.39, 0.29) is 11.9 Å². The molecular weight excluding hydrogens is 269 g/mol.